The highest BCUT2D eigenvalue weighted by atomic mass is 35.5. The van der Waals surface area contributed by atoms with Crippen LogP contribution in [0.15, 0.2) is 48.5 Å². The summed E-state index contributed by atoms with van der Waals surface area (Å²) in [5.74, 6) is -0.883. The molecule has 1 saturated heterocycles. The zero-order valence-corrected chi connectivity index (χ0v) is 17.8. The number of halogens is 2. The molecule has 8 heteroatoms. The predicted octanol–water partition coefficient (Wildman–Crippen LogP) is 4.24. The lowest BCUT2D eigenvalue weighted by molar-refractivity contribution is -0.121. The van der Waals surface area contributed by atoms with Crippen LogP contribution in [0.3, 0.4) is 0 Å². The first kappa shape index (κ1) is 23.6. The summed E-state index contributed by atoms with van der Waals surface area (Å²) in [4.78, 5) is 26.8. The van der Waals surface area contributed by atoms with Crippen molar-refractivity contribution in [2.75, 3.05) is 30.3 Å². The molecule has 3 rings (SSSR count). The van der Waals surface area contributed by atoms with Gasteiger partial charge in [-0.25, -0.2) is 9.18 Å². The molecule has 1 aliphatic rings. The van der Waals surface area contributed by atoms with Gasteiger partial charge in [0.15, 0.2) is 0 Å². The Hall–Kier alpha value is -2.64. The third-order valence-electron chi connectivity index (χ3n) is 4.97. The molecule has 0 radical (unpaired) electrons. The van der Waals surface area contributed by atoms with Gasteiger partial charge in [-0.3, -0.25) is 4.79 Å². The monoisotopic (exact) mass is 434 g/mol. The van der Waals surface area contributed by atoms with Gasteiger partial charge in [0, 0.05) is 25.3 Å². The zero-order valence-electron chi connectivity index (χ0n) is 17.0. The van der Waals surface area contributed by atoms with Crippen LogP contribution in [0, 0.1) is 11.7 Å². The number of para-hydroxylation sites is 1. The summed E-state index contributed by atoms with van der Waals surface area (Å²) in [5, 5.41) is 8.81. The van der Waals surface area contributed by atoms with Gasteiger partial charge in [0.05, 0.1) is 11.6 Å². The summed E-state index contributed by atoms with van der Waals surface area (Å²) in [5.41, 5.74) is 1.99. The van der Waals surface area contributed by atoms with E-state index in [-0.39, 0.29) is 36.0 Å². The van der Waals surface area contributed by atoms with Crippen LogP contribution in [0.25, 0.3) is 0 Å². The third-order valence-corrected chi connectivity index (χ3v) is 4.97. The van der Waals surface area contributed by atoms with Gasteiger partial charge in [-0.05, 0) is 49.2 Å². The van der Waals surface area contributed by atoms with Crippen molar-refractivity contribution in [3.05, 3.63) is 59.9 Å². The van der Waals surface area contributed by atoms with Crippen LogP contribution in [0.4, 0.5) is 20.6 Å². The highest BCUT2D eigenvalue weighted by Crippen LogP contribution is 2.21. The molecule has 0 bridgehead atoms. The topological polar surface area (TPSA) is 73.5 Å². The van der Waals surface area contributed by atoms with Gasteiger partial charge in [-0.2, -0.15) is 0 Å². The number of hydrogen-bond donors (Lipinski definition) is 3. The molecule has 0 spiro atoms. The van der Waals surface area contributed by atoms with Gasteiger partial charge in [0.1, 0.15) is 5.82 Å². The fourth-order valence-electron chi connectivity index (χ4n) is 3.41. The Kier molecular flexibility index (Phi) is 9.08. The molecule has 6 nitrogen and oxygen atoms in total. The highest BCUT2D eigenvalue weighted by molar-refractivity contribution is 5.94. The molecule has 3 N–H and O–H groups in total. The average Bonchev–Trinajstić information content (AvgIpc) is 2.74. The molecule has 1 heterocycles. The fourth-order valence-corrected chi connectivity index (χ4v) is 3.41. The molecule has 2 aromatic carbocycles. The Bertz CT molecular complexity index is 865. The van der Waals surface area contributed by atoms with E-state index in [1.807, 2.05) is 31.2 Å². The van der Waals surface area contributed by atoms with Crippen LogP contribution in [0.1, 0.15) is 25.3 Å². The van der Waals surface area contributed by atoms with Crippen molar-refractivity contribution in [1.29, 1.82) is 0 Å². The summed E-state index contributed by atoms with van der Waals surface area (Å²) >= 11 is 0. The fraction of sp³-hybridized carbons (Fsp3) is 0.364. The molecular formula is C22H28ClFN4O2. The second kappa shape index (κ2) is 11.5. The molecule has 1 atom stereocenters. The smallest absolute Gasteiger partial charge is 0.321 e. The first-order chi connectivity index (χ1) is 14.1. The number of carbonyl (C=O) groups is 2. The van der Waals surface area contributed by atoms with E-state index in [0.717, 1.165) is 30.8 Å². The number of carbonyl (C=O) groups excluding carboxylic acids is 2. The Labute approximate surface area is 182 Å². The highest BCUT2D eigenvalue weighted by Gasteiger charge is 2.28. The Morgan fingerprint density at radius 3 is 2.70 bits per heavy atom. The first-order valence-electron chi connectivity index (χ1n) is 9.97. The largest absolute Gasteiger partial charge is 0.326 e. The van der Waals surface area contributed by atoms with Crippen LogP contribution >= 0.6 is 12.4 Å². The lowest BCUT2D eigenvalue weighted by Gasteiger charge is -2.32. The van der Waals surface area contributed by atoms with Gasteiger partial charge in [0.2, 0.25) is 5.91 Å². The van der Waals surface area contributed by atoms with Crippen molar-refractivity contribution in [3.63, 3.8) is 0 Å². The Morgan fingerprint density at radius 1 is 1.13 bits per heavy atom. The minimum absolute atomic E-state index is 0. The van der Waals surface area contributed by atoms with Crippen LogP contribution in [-0.2, 0) is 11.3 Å². The molecule has 3 amide bonds. The van der Waals surface area contributed by atoms with E-state index in [0.29, 0.717) is 19.5 Å². The number of hydrogen-bond acceptors (Lipinski definition) is 3. The summed E-state index contributed by atoms with van der Waals surface area (Å²) in [6, 6.07) is 13.4. The van der Waals surface area contributed by atoms with E-state index in [9.17, 15) is 14.0 Å². The number of piperidine rings is 1. The summed E-state index contributed by atoms with van der Waals surface area (Å²) in [7, 11) is 0. The molecular weight excluding hydrogens is 407 g/mol. The van der Waals surface area contributed by atoms with Crippen molar-refractivity contribution in [2.24, 2.45) is 5.92 Å². The Morgan fingerprint density at radius 2 is 1.93 bits per heavy atom. The number of rotatable bonds is 6. The first-order valence-corrected chi connectivity index (χ1v) is 9.97. The predicted molar refractivity (Wildman–Crippen MR) is 119 cm³/mol. The lowest BCUT2D eigenvalue weighted by Crippen LogP contribution is -2.45. The number of amides is 3. The maximum atomic E-state index is 13.8. The van der Waals surface area contributed by atoms with Crippen LogP contribution in [0.2, 0.25) is 0 Å². The maximum Gasteiger partial charge on any atom is 0.321 e. The molecule has 0 saturated carbocycles. The van der Waals surface area contributed by atoms with Crippen molar-refractivity contribution in [1.82, 2.24) is 10.2 Å². The number of urea groups is 1. The molecule has 1 fully saturated rings. The van der Waals surface area contributed by atoms with E-state index in [1.165, 1.54) is 12.1 Å². The second-order valence-corrected chi connectivity index (χ2v) is 7.17. The lowest BCUT2D eigenvalue weighted by atomic mass is 9.97. The standard InChI is InChI=1S/C22H27FN4O2.ClH/c1-2-24-14-16-7-5-9-18(13-16)25-21(28)17-8-6-12-27(15-17)22(29)26-20-11-4-3-10-19(20)23;/h3-5,7,9-11,13,17,24H,2,6,8,12,14-15H2,1H3,(H,25,28)(H,26,29);1H. The molecule has 2 aromatic rings. The van der Waals surface area contributed by atoms with E-state index in [1.54, 1.807) is 17.0 Å². The van der Waals surface area contributed by atoms with Gasteiger partial charge < -0.3 is 20.9 Å². The number of nitrogens with zero attached hydrogens (tertiary/aromatic N) is 1. The Balaban J connectivity index is 0.00000320. The van der Waals surface area contributed by atoms with E-state index in [2.05, 4.69) is 16.0 Å². The van der Waals surface area contributed by atoms with Crippen molar-refractivity contribution < 1.29 is 14.0 Å². The molecule has 1 unspecified atom stereocenters. The third kappa shape index (κ3) is 6.43. The summed E-state index contributed by atoms with van der Waals surface area (Å²) < 4.78 is 13.8. The minimum Gasteiger partial charge on any atom is -0.326 e. The minimum atomic E-state index is -0.482. The van der Waals surface area contributed by atoms with Crippen molar-refractivity contribution in [3.8, 4) is 0 Å². The summed E-state index contributed by atoms with van der Waals surface area (Å²) in [6.45, 7) is 4.52. The van der Waals surface area contributed by atoms with Gasteiger partial charge in [0.25, 0.3) is 0 Å². The van der Waals surface area contributed by atoms with Gasteiger partial charge in [-0.1, -0.05) is 31.2 Å². The van der Waals surface area contributed by atoms with Crippen molar-refractivity contribution in [2.45, 2.75) is 26.3 Å². The normalized spacial score (nSPS) is 15.8. The quantitative estimate of drug-likeness (QED) is 0.636. The van der Waals surface area contributed by atoms with E-state index in [4.69, 9.17) is 0 Å². The molecule has 162 valence electrons. The second-order valence-electron chi connectivity index (χ2n) is 7.17. The molecule has 0 aliphatic carbocycles. The molecule has 30 heavy (non-hydrogen) atoms. The summed E-state index contributed by atoms with van der Waals surface area (Å²) in [6.07, 6.45) is 1.44. The van der Waals surface area contributed by atoms with E-state index >= 15 is 0 Å². The van der Waals surface area contributed by atoms with Crippen molar-refractivity contribution >= 4 is 35.7 Å². The van der Waals surface area contributed by atoms with Crippen LogP contribution in [-0.4, -0.2) is 36.5 Å². The zero-order chi connectivity index (χ0) is 20.6. The number of nitrogens with one attached hydrogen (secondary N) is 3. The molecule has 1 aliphatic heterocycles. The number of anilines is 2. The SMILES string of the molecule is CCNCc1cccc(NC(=O)C2CCCN(C(=O)Nc3ccccc3F)C2)c1.Cl. The van der Waals surface area contributed by atoms with Crippen LogP contribution in [0.5, 0.6) is 0 Å². The maximum absolute atomic E-state index is 13.8. The number of benzene rings is 2. The molecule has 0 aromatic heterocycles. The van der Waals surface area contributed by atoms with Gasteiger partial charge in [-0.15, -0.1) is 12.4 Å². The van der Waals surface area contributed by atoms with Crippen LogP contribution < -0.4 is 16.0 Å². The number of likely N-dealkylation sites (tertiary alicyclic amines) is 1. The van der Waals surface area contributed by atoms with E-state index < -0.39 is 5.82 Å². The van der Waals surface area contributed by atoms with Gasteiger partial charge >= 0.3 is 6.03 Å². The average molecular weight is 435 g/mol.